The largest absolute Gasteiger partial charge is 0.396 e. The maximum absolute atomic E-state index is 12.9. The molecule has 0 aromatic rings. The normalized spacial score (nSPS) is 27.7. The molecule has 1 aliphatic rings. The number of Topliss-reactive ketones (excluding diaryl/α,β-unsaturated/α-hetero) is 1. The summed E-state index contributed by atoms with van der Waals surface area (Å²) in [5.74, 6) is -0.0923. The second-order valence-corrected chi connectivity index (χ2v) is 17.5. The van der Waals surface area contributed by atoms with Crippen molar-refractivity contribution in [1.82, 2.24) is 0 Å². The summed E-state index contributed by atoms with van der Waals surface area (Å²) in [6.45, 7) is 18.3. The van der Waals surface area contributed by atoms with Crippen molar-refractivity contribution in [3.8, 4) is 0 Å². The second kappa shape index (κ2) is 26.6. The molecule has 1 fully saturated rings. The SMILES string of the molecule is CC[C@H](C)C[C@H](C)C[C@H](C)[C@@H](OC1CC(CO)C(O)C(O)C1O)[C@@H](C)/C=C(\C)C[C@@H](C)/C=C(\C)[C@@H](O)[C@@H](C)/C=C(\C)C(=O)CCOC([C@H](O)CO)[C@H](O)[C@H](O)CO. The fraction of sp³-hybridized carbons (Fsp3) is 0.841. The van der Waals surface area contributed by atoms with E-state index in [2.05, 4.69) is 54.5 Å². The molecular formula is C44H80O13. The van der Waals surface area contributed by atoms with Crippen LogP contribution in [0.4, 0.5) is 0 Å². The molecule has 1 saturated carbocycles. The Morgan fingerprint density at radius 2 is 1.37 bits per heavy atom. The predicted octanol–water partition coefficient (Wildman–Crippen LogP) is 2.84. The lowest BCUT2D eigenvalue weighted by Crippen LogP contribution is -2.56. The number of hydrogen-bond donors (Lipinski definition) is 10. The summed E-state index contributed by atoms with van der Waals surface area (Å²) in [6.07, 6.45) is -2.21. The third kappa shape index (κ3) is 17.5. The molecule has 0 spiro atoms. The van der Waals surface area contributed by atoms with Gasteiger partial charge in [-0.25, -0.2) is 0 Å². The fourth-order valence-corrected chi connectivity index (χ4v) is 8.37. The topological polar surface area (TPSA) is 238 Å². The molecule has 13 heteroatoms. The van der Waals surface area contributed by atoms with E-state index in [0.717, 1.165) is 30.4 Å². The molecule has 1 aliphatic carbocycles. The molecule has 0 heterocycles. The molecule has 0 aromatic heterocycles. The maximum atomic E-state index is 12.9. The van der Waals surface area contributed by atoms with Gasteiger partial charge in [-0.3, -0.25) is 4.79 Å². The van der Waals surface area contributed by atoms with Gasteiger partial charge in [0.05, 0.1) is 44.2 Å². The smallest absolute Gasteiger partial charge is 0.160 e. The Morgan fingerprint density at radius 1 is 0.754 bits per heavy atom. The first-order chi connectivity index (χ1) is 26.6. The van der Waals surface area contributed by atoms with Gasteiger partial charge >= 0.3 is 0 Å². The first-order valence-electron chi connectivity index (χ1n) is 21.1. The molecule has 0 aliphatic heterocycles. The molecule has 0 radical (unpaired) electrons. The van der Waals surface area contributed by atoms with Crippen molar-refractivity contribution in [2.45, 2.75) is 169 Å². The van der Waals surface area contributed by atoms with Crippen molar-refractivity contribution >= 4 is 5.78 Å². The van der Waals surface area contributed by atoms with Crippen LogP contribution in [0.5, 0.6) is 0 Å². The third-order valence-electron chi connectivity index (χ3n) is 11.8. The highest BCUT2D eigenvalue weighted by molar-refractivity contribution is 5.94. The van der Waals surface area contributed by atoms with Gasteiger partial charge in [0.1, 0.15) is 36.6 Å². The van der Waals surface area contributed by atoms with Gasteiger partial charge in [0.15, 0.2) is 5.78 Å². The van der Waals surface area contributed by atoms with Crippen LogP contribution in [0.3, 0.4) is 0 Å². The summed E-state index contributed by atoms with van der Waals surface area (Å²) in [7, 11) is 0. The van der Waals surface area contributed by atoms with Crippen LogP contribution in [0.15, 0.2) is 34.9 Å². The average Bonchev–Trinajstić information content (AvgIpc) is 3.16. The highest BCUT2D eigenvalue weighted by Gasteiger charge is 2.44. The van der Waals surface area contributed by atoms with Crippen LogP contribution in [0.1, 0.15) is 108 Å². The highest BCUT2D eigenvalue weighted by atomic mass is 16.5. The van der Waals surface area contributed by atoms with Gasteiger partial charge in [-0.1, -0.05) is 78.7 Å². The van der Waals surface area contributed by atoms with Crippen molar-refractivity contribution in [3.05, 3.63) is 34.9 Å². The van der Waals surface area contributed by atoms with Crippen molar-refractivity contribution in [2.24, 2.45) is 41.4 Å². The molecule has 334 valence electrons. The summed E-state index contributed by atoms with van der Waals surface area (Å²) in [5, 5.41) is 101. The second-order valence-electron chi connectivity index (χ2n) is 17.5. The van der Waals surface area contributed by atoms with Gasteiger partial charge in [-0.15, -0.1) is 0 Å². The number of aliphatic hydroxyl groups excluding tert-OH is 10. The minimum absolute atomic E-state index is 0.0543. The molecule has 17 atom stereocenters. The number of rotatable bonds is 27. The molecule has 1 rings (SSSR count). The molecule has 0 aromatic carbocycles. The van der Waals surface area contributed by atoms with E-state index in [1.165, 1.54) is 0 Å². The van der Waals surface area contributed by atoms with E-state index >= 15 is 0 Å². The zero-order chi connectivity index (χ0) is 43.7. The fourth-order valence-electron chi connectivity index (χ4n) is 8.37. The first-order valence-corrected chi connectivity index (χ1v) is 21.1. The molecule has 0 bridgehead atoms. The monoisotopic (exact) mass is 817 g/mol. The van der Waals surface area contributed by atoms with E-state index in [-0.39, 0.29) is 55.7 Å². The van der Waals surface area contributed by atoms with E-state index in [9.17, 15) is 50.8 Å². The van der Waals surface area contributed by atoms with Crippen molar-refractivity contribution in [2.75, 3.05) is 26.4 Å². The summed E-state index contributed by atoms with van der Waals surface area (Å²) >= 11 is 0. The number of ketones is 1. The van der Waals surface area contributed by atoms with E-state index in [1.54, 1.807) is 13.0 Å². The van der Waals surface area contributed by atoms with Gasteiger partial charge in [-0.2, -0.15) is 0 Å². The van der Waals surface area contributed by atoms with E-state index in [0.29, 0.717) is 23.8 Å². The zero-order valence-corrected chi connectivity index (χ0v) is 36.3. The number of carbonyl (C=O) groups is 1. The van der Waals surface area contributed by atoms with E-state index in [4.69, 9.17) is 14.6 Å². The summed E-state index contributed by atoms with van der Waals surface area (Å²) in [4.78, 5) is 12.9. The van der Waals surface area contributed by atoms with E-state index < -0.39 is 80.0 Å². The van der Waals surface area contributed by atoms with Crippen LogP contribution in [0.2, 0.25) is 0 Å². The van der Waals surface area contributed by atoms with Gasteiger partial charge < -0.3 is 60.5 Å². The lowest BCUT2D eigenvalue weighted by Gasteiger charge is -2.43. The Morgan fingerprint density at radius 3 is 1.93 bits per heavy atom. The maximum Gasteiger partial charge on any atom is 0.160 e. The third-order valence-corrected chi connectivity index (χ3v) is 11.8. The number of allylic oxidation sites excluding steroid dienone is 3. The quantitative estimate of drug-likeness (QED) is 0.0425. The first kappa shape index (κ1) is 53.4. The summed E-state index contributed by atoms with van der Waals surface area (Å²) in [6, 6.07) is 0. The number of hydrogen-bond acceptors (Lipinski definition) is 13. The van der Waals surface area contributed by atoms with Crippen LogP contribution < -0.4 is 0 Å². The molecule has 0 saturated heterocycles. The lowest BCUT2D eigenvalue weighted by molar-refractivity contribution is -0.199. The van der Waals surface area contributed by atoms with Gasteiger partial charge in [0, 0.05) is 30.8 Å². The molecule has 0 amide bonds. The average molecular weight is 817 g/mol. The number of carbonyl (C=O) groups excluding carboxylic acids is 1. The van der Waals surface area contributed by atoms with Crippen LogP contribution in [-0.4, -0.2) is 144 Å². The summed E-state index contributed by atoms with van der Waals surface area (Å²) < 4.78 is 12.1. The Bertz CT molecular complexity index is 1240. The minimum Gasteiger partial charge on any atom is -0.396 e. The Kier molecular flexibility index (Phi) is 24.9. The van der Waals surface area contributed by atoms with Crippen LogP contribution in [0.25, 0.3) is 0 Å². The summed E-state index contributed by atoms with van der Waals surface area (Å²) in [5.41, 5.74) is 2.27. The number of aliphatic hydroxyl groups is 10. The van der Waals surface area contributed by atoms with Gasteiger partial charge in [-0.05, 0) is 81.3 Å². The van der Waals surface area contributed by atoms with E-state index in [1.807, 2.05) is 19.9 Å². The molecular weight excluding hydrogens is 736 g/mol. The lowest BCUT2D eigenvalue weighted by atomic mass is 9.79. The molecule has 13 nitrogen and oxygen atoms in total. The van der Waals surface area contributed by atoms with Crippen molar-refractivity contribution in [1.29, 1.82) is 0 Å². The van der Waals surface area contributed by atoms with Crippen molar-refractivity contribution < 1.29 is 65.3 Å². The van der Waals surface area contributed by atoms with Gasteiger partial charge in [0.2, 0.25) is 0 Å². The Labute approximate surface area is 342 Å². The predicted molar refractivity (Wildman–Crippen MR) is 220 cm³/mol. The van der Waals surface area contributed by atoms with Crippen molar-refractivity contribution in [3.63, 3.8) is 0 Å². The standard InChI is InChI=1S/C44H80O13/c1-11-24(2)14-25(3)17-31(9)43(57-37-20-33(21-45)39(52)42(55)41(37)54)32(10)18-27(5)15-26(4)16-29(7)38(51)30(8)19-28(6)34(48)12-13-56-44(36(50)23-47)40(53)35(49)22-46/h16,18-19,24-26,30-33,35-47,49-55H,11-15,17,20-23H2,1-10H3/b27-18+,28-19+,29-16+/t24-,25-,26+,30-,31-,32-,33?,35+,36+,37?,38+,39?,40+,41?,42?,43+,44?/m0/s1. The van der Waals surface area contributed by atoms with Gasteiger partial charge in [0.25, 0.3) is 0 Å². The molecule has 57 heavy (non-hydrogen) atoms. The number of ether oxygens (including phenoxy) is 2. The zero-order valence-electron chi connectivity index (χ0n) is 36.3. The van der Waals surface area contributed by atoms with Crippen LogP contribution in [-0.2, 0) is 14.3 Å². The highest BCUT2D eigenvalue weighted by Crippen LogP contribution is 2.34. The van der Waals surface area contributed by atoms with Crippen LogP contribution in [0, 0.1) is 41.4 Å². The Balaban J connectivity index is 3.03. The minimum atomic E-state index is -1.68. The molecule has 6 unspecified atom stereocenters. The molecule has 10 N–H and O–H groups in total. The van der Waals surface area contributed by atoms with Crippen LogP contribution >= 0.6 is 0 Å². The Hall–Kier alpha value is -1.59.